The quantitative estimate of drug-likeness (QED) is 0.850. The third kappa shape index (κ3) is 3.54. The second kappa shape index (κ2) is 6.47. The van der Waals surface area contributed by atoms with Gasteiger partial charge in [-0.05, 0) is 38.1 Å². The molecule has 0 bridgehead atoms. The monoisotopic (exact) mass is 278 g/mol. The second-order valence-corrected chi connectivity index (χ2v) is 4.65. The van der Waals surface area contributed by atoms with Crippen LogP contribution < -0.4 is 10.6 Å². The van der Waals surface area contributed by atoms with Crippen molar-refractivity contribution < 1.29 is 8.81 Å². The average molecular weight is 278 g/mol. The summed E-state index contributed by atoms with van der Waals surface area (Å²) in [5.41, 5.74) is 0.824. The smallest absolute Gasteiger partial charge is 0.315 e. The number of nitrogens with one attached hydrogen (secondary N) is 2. The van der Waals surface area contributed by atoms with Crippen molar-refractivity contribution in [3.8, 4) is 0 Å². The van der Waals surface area contributed by atoms with E-state index in [0.717, 1.165) is 12.1 Å². The molecule has 5 nitrogen and oxygen atoms in total. The summed E-state index contributed by atoms with van der Waals surface area (Å²) in [7, 11) is 0. The number of aromatic nitrogens is 2. The minimum atomic E-state index is -0.261. The van der Waals surface area contributed by atoms with Gasteiger partial charge in [-0.3, -0.25) is 0 Å². The van der Waals surface area contributed by atoms with Crippen LogP contribution in [0, 0.1) is 5.82 Å². The van der Waals surface area contributed by atoms with Gasteiger partial charge in [0, 0.05) is 0 Å². The molecule has 2 atom stereocenters. The molecule has 0 aliphatic rings. The number of halogens is 1. The van der Waals surface area contributed by atoms with Crippen LogP contribution in [0.25, 0.3) is 0 Å². The van der Waals surface area contributed by atoms with E-state index in [2.05, 4.69) is 20.8 Å². The topological polar surface area (TPSA) is 63.0 Å². The normalized spacial score (nSPS) is 14.0. The zero-order valence-electron chi connectivity index (χ0n) is 11.9. The van der Waals surface area contributed by atoms with E-state index >= 15 is 0 Å². The molecule has 0 radical (unpaired) electrons. The summed E-state index contributed by atoms with van der Waals surface area (Å²) in [6.45, 7) is 6.70. The van der Waals surface area contributed by atoms with Crippen molar-refractivity contribution in [1.29, 1.82) is 0 Å². The lowest BCUT2D eigenvalue weighted by Gasteiger charge is -2.12. The van der Waals surface area contributed by atoms with Gasteiger partial charge >= 0.3 is 6.01 Å². The summed E-state index contributed by atoms with van der Waals surface area (Å²) in [6.07, 6.45) is 0. The van der Waals surface area contributed by atoms with Crippen molar-refractivity contribution in [2.75, 3.05) is 11.9 Å². The first-order valence-electron chi connectivity index (χ1n) is 6.69. The number of nitrogens with zero attached hydrogens (tertiary/aromatic N) is 2. The first-order valence-corrected chi connectivity index (χ1v) is 6.69. The van der Waals surface area contributed by atoms with Crippen molar-refractivity contribution in [2.45, 2.75) is 32.9 Å². The summed E-state index contributed by atoms with van der Waals surface area (Å²) in [4.78, 5) is 0. The van der Waals surface area contributed by atoms with E-state index in [1.165, 1.54) is 12.1 Å². The van der Waals surface area contributed by atoms with Gasteiger partial charge in [-0.2, -0.15) is 0 Å². The number of anilines is 1. The molecule has 108 valence electrons. The third-order valence-corrected chi connectivity index (χ3v) is 3.01. The Bertz CT molecular complexity index is 558. The fourth-order valence-corrected chi connectivity index (χ4v) is 1.91. The molecule has 2 N–H and O–H groups in total. The minimum Gasteiger partial charge on any atom is -0.406 e. The zero-order chi connectivity index (χ0) is 14.5. The first-order chi connectivity index (χ1) is 9.60. The van der Waals surface area contributed by atoms with E-state index in [1.54, 1.807) is 6.07 Å². The summed E-state index contributed by atoms with van der Waals surface area (Å²) in [5.74, 6) is 0.268. The predicted molar refractivity (Wildman–Crippen MR) is 74.8 cm³/mol. The lowest BCUT2D eigenvalue weighted by atomic mass is 10.1. The molecule has 2 aromatic rings. The Morgan fingerprint density at radius 3 is 2.75 bits per heavy atom. The van der Waals surface area contributed by atoms with Gasteiger partial charge in [0.05, 0.1) is 12.1 Å². The average Bonchev–Trinajstić information content (AvgIpc) is 2.87. The Labute approximate surface area is 117 Å². The molecule has 6 heteroatoms. The number of hydrogen-bond donors (Lipinski definition) is 2. The summed E-state index contributed by atoms with van der Waals surface area (Å²) >= 11 is 0. The van der Waals surface area contributed by atoms with Crippen molar-refractivity contribution in [2.24, 2.45) is 0 Å². The minimum absolute atomic E-state index is 0.00697. The highest BCUT2D eigenvalue weighted by Crippen LogP contribution is 2.20. The highest BCUT2D eigenvalue weighted by atomic mass is 19.1. The van der Waals surface area contributed by atoms with Gasteiger partial charge in [0.15, 0.2) is 0 Å². The highest BCUT2D eigenvalue weighted by molar-refractivity contribution is 5.28. The first kappa shape index (κ1) is 14.5. The highest BCUT2D eigenvalue weighted by Gasteiger charge is 2.14. The molecular formula is C14H19FN4O. The van der Waals surface area contributed by atoms with Crippen molar-refractivity contribution >= 4 is 6.01 Å². The van der Waals surface area contributed by atoms with Crippen molar-refractivity contribution in [3.05, 3.63) is 41.5 Å². The summed E-state index contributed by atoms with van der Waals surface area (Å²) in [6, 6.07) is 6.65. The number of rotatable bonds is 6. The molecule has 20 heavy (non-hydrogen) atoms. The maximum Gasteiger partial charge on any atom is 0.315 e. The zero-order valence-corrected chi connectivity index (χ0v) is 11.9. The number of hydrogen-bond acceptors (Lipinski definition) is 5. The van der Waals surface area contributed by atoms with Crippen molar-refractivity contribution in [3.63, 3.8) is 0 Å². The fraction of sp³-hybridized carbons (Fsp3) is 0.429. The maximum absolute atomic E-state index is 13.2. The Morgan fingerprint density at radius 2 is 2.05 bits per heavy atom. The lowest BCUT2D eigenvalue weighted by molar-refractivity contribution is 0.427. The van der Waals surface area contributed by atoms with E-state index in [-0.39, 0.29) is 17.9 Å². The van der Waals surface area contributed by atoms with E-state index < -0.39 is 0 Å². The second-order valence-electron chi connectivity index (χ2n) is 4.65. The summed E-state index contributed by atoms with van der Waals surface area (Å²) < 4.78 is 18.7. The molecule has 1 heterocycles. The van der Waals surface area contributed by atoms with Crippen LogP contribution in [0.5, 0.6) is 0 Å². The van der Waals surface area contributed by atoms with Crippen LogP contribution >= 0.6 is 0 Å². The molecule has 0 fully saturated rings. The molecule has 2 rings (SSSR count). The molecule has 1 aromatic carbocycles. The molecule has 0 amide bonds. The fourth-order valence-electron chi connectivity index (χ4n) is 1.91. The van der Waals surface area contributed by atoms with E-state index in [1.807, 2.05) is 26.8 Å². The van der Waals surface area contributed by atoms with Crippen LogP contribution in [0.2, 0.25) is 0 Å². The Kier molecular flexibility index (Phi) is 4.68. The van der Waals surface area contributed by atoms with Gasteiger partial charge in [-0.15, -0.1) is 5.10 Å². The molecule has 0 saturated carbocycles. The van der Waals surface area contributed by atoms with Crippen LogP contribution in [0.15, 0.2) is 28.7 Å². The van der Waals surface area contributed by atoms with E-state index in [9.17, 15) is 4.39 Å². The Hall–Kier alpha value is -1.95. The van der Waals surface area contributed by atoms with Crippen LogP contribution in [0.1, 0.15) is 44.3 Å². The van der Waals surface area contributed by atoms with E-state index in [0.29, 0.717) is 11.9 Å². The van der Waals surface area contributed by atoms with Gasteiger partial charge < -0.3 is 15.1 Å². The maximum atomic E-state index is 13.2. The summed E-state index contributed by atoms with van der Waals surface area (Å²) in [5, 5.41) is 14.2. The van der Waals surface area contributed by atoms with Gasteiger partial charge in [0.2, 0.25) is 5.89 Å². The van der Waals surface area contributed by atoms with E-state index in [4.69, 9.17) is 4.42 Å². The molecule has 0 spiro atoms. The van der Waals surface area contributed by atoms with Crippen molar-refractivity contribution in [1.82, 2.24) is 15.5 Å². The van der Waals surface area contributed by atoms with Gasteiger partial charge in [0.25, 0.3) is 0 Å². The SMILES string of the molecule is CCNC(C)c1nnc(NC(C)c2cccc(F)c2)o1. The van der Waals surface area contributed by atoms with Crippen LogP contribution in [-0.4, -0.2) is 16.7 Å². The van der Waals surface area contributed by atoms with Gasteiger partial charge in [-0.25, -0.2) is 4.39 Å². The molecule has 2 unspecified atom stereocenters. The lowest BCUT2D eigenvalue weighted by Crippen LogP contribution is -2.17. The predicted octanol–water partition coefficient (Wildman–Crippen LogP) is 3.05. The Balaban J connectivity index is 2.03. The number of benzene rings is 1. The molecular weight excluding hydrogens is 259 g/mol. The standard InChI is InChI=1S/C14H19FN4O/c1-4-16-10(3)13-18-19-14(20-13)17-9(2)11-6-5-7-12(15)8-11/h5-10,16H,4H2,1-3H3,(H,17,19). The molecule has 1 aromatic heterocycles. The van der Waals surface area contributed by atoms with Crippen LogP contribution in [0.3, 0.4) is 0 Å². The van der Waals surface area contributed by atoms with Gasteiger partial charge in [-0.1, -0.05) is 24.2 Å². The molecule has 0 aliphatic carbocycles. The third-order valence-electron chi connectivity index (χ3n) is 3.01. The largest absolute Gasteiger partial charge is 0.406 e. The molecule has 0 aliphatic heterocycles. The van der Waals surface area contributed by atoms with Crippen LogP contribution in [-0.2, 0) is 0 Å². The van der Waals surface area contributed by atoms with Crippen LogP contribution in [0.4, 0.5) is 10.4 Å². The van der Waals surface area contributed by atoms with Gasteiger partial charge in [0.1, 0.15) is 5.82 Å². The molecule has 0 saturated heterocycles. The Morgan fingerprint density at radius 1 is 1.25 bits per heavy atom.